The molecule has 0 aromatic carbocycles. The van der Waals surface area contributed by atoms with Gasteiger partial charge in [0.15, 0.2) is 0 Å². The zero-order valence-electron chi connectivity index (χ0n) is 15.7. The summed E-state index contributed by atoms with van der Waals surface area (Å²) in [6, 6.07) is 0. The van der Waals surface area contributed by atoms with E-state index in [1.54, 1.807) is 5.57 Å². The first-order chi connectivity index (χ1) is 11.4. The van der Waals surface area contributed by atoms with Gasteiger partial charge in [0, 0.05) is 12.5 Å². The minimum atomic E-state index is 0. The molecule has 0 aromatic heterocycles. The smallest absolute Gasteiger partial charge is 0.133 e. The van der Waals surface area contributed by atoms with E-state index in [0.717, 1.165) is 30.6 Å². The zero-order chi connectivity index (χ0) is 17.1. The van der Waals surface area contributed by atoms with Gasteiger partial charge in [-0.3, -0.25) is 4.79 Å². The van der Waals surface area contributed by atoms with Crippen molar-refractivity contribution in [2.75, 3.05) is 6.61 Å². The minimum absolute atomic E-state index is 0. The van der Waals surface area contributed by atoms with Crippen LogP contribution in [0.4, 0.5) is 0 Å². The monoisotopic (exact) mass is 667 g/mol. The minimum Gasteiger partial charge on any atom is -0.396 e. The van der Waals surface area contributed by atoms with Gasteiger partial charge in [-0.25, -0.2) is 0 Å². The third kappa shape index (κ3) is 18.5. The standard InChI is InChI=1S/C22H34O2.21CH4/c1-14(24)18-6-7-19-17-5-4-16-12-15(13-23)8-10-21(16,2)20(17)9-11-22(18,19)3;;;;;;;;;;;;;;;;;;;;;/h4,15,17-20,23H,5-13H2,1-3H3;21*1H4/t15-,17?,18+,19?,20?,21-,22+;;;;;;;;;;;;;;;;;;;;;/m0...................../s1. The fourth-order valence-corrected chi connectivity index (χ4v) is 7.56. The topological polar surface area (TPSA) is 37.3 Å². The first-order valence-corrected chi connectivity index (χ1v) is 10.2. The number of carbonyl (C=O) groups excluding carboxylic acids is 1. The average molecular weight is 667 g/mol. The Kier molecular flexibility index (Phi) is 116. The number of rotatable bonds is 2. The maximum Gasteiger partial charge on any atom is 0.133 e. The van der Waals surface area contributed by atoms with Gasteiger partial charge >= 0.3 is 0 Å². The molecule has 0 heterocycles. The SMILES string of the molecule is C.C.C.C.C.C.C.C.C.C.C.C.C.C.C.C.C.C.C.C.C.CC(=O)[C@H]1CCC2C3CC=C4C[C@@H](CO)CC[C@]4(C)C3CC[C@@]21C. The van der Waals surface area contributed by atoms with E-state index in [1.807, 2.05) is 6.92 Å². The van der Waals surface area contributed by atoms with E-state index in [2.05, 4.69) is 19.9 Å². The van der Waals surface area contributed by atoms with Crippen LogP contribution in [0, 0.1) is 40.4 Å². The van der Waals surface area contributed by atoms with Crippen molar-refractivity contribution in [3.8, 4) is 0 Å². The molecule has 4 rings (SSSR count). The number of hydrogen-bond acceptors (Lipinski definition) is 2. The summed E-state index contributed by atoms with van der Waals surface area (Å²) in [6.45, 7) is 7.11. The van der Waals surface area contributed by atoms with Crippen LogP contribution in [0.3, 0.4) is 0 Å². The van der Waals surface area contributed by atoms with Crippen LogP contribution in [0.5, 0.6) is 0 Å². The normalized spacial score (nSPS) is 26.9. The summed E-state index contributed by atoms with van der Waals surface area (Å²) in [7, 11) is 0. The molecule has 3 unspecified atom stereocenters. The molecule has 45 heavy (non-hydrogen) atoms. The molecule has 0 amide bonds. The lowest BCUT2D eigenvalue weighted by atomic mass is 9.47. The molecule has 0 radical (unpaired) electrons. The second-order valence-electron chi connectivity index (χ2n) is 9.84. The van der Waals surface area contributed by atoms with E-state index in [9.17, 15) is 9.90 Å². The van der Waals surface area contributed by atoms with Gasteiger partial charge in [-0.05, 0) is 92.8 Å². The molecular weight excluding hydrogens is 548 g/mol. The van der Waals surface area contributed by atoms with Gasteiger partial charge in [-0.2, -0.15) is 0 Å². The fourth-order valence-electron chi connectivity index (χ4n) is 7.56. The summed E-state index contributed by atoms with van der Waals surface area (Å²) in [4.78, 5) is 12.2. The second kappa shape index (κ2) is 43.4. The number of aliphatic hydroxyl groups excluding tert-OH is 1. The quantitative estimate of drug-likeness (QED) is 0.298. The first kappa shape index (κ1) is 120. The Morgan fingerprint density at radius 1 is 0.644 bits per heavy atom. The van der Waals surface area contributed by atoms with Crippen molar-refractivity contribution in [3.63, 3.8) is 0 Å². The first-order valence-electron chi connectivity index (χ1n) is 10.2. The Bertz CT molecular complexity index is 566. The van der Waals surface area contributed by atoms with E-state index < -0.39 is 0 Å². The lowest BCUT2D eigenvalue weighted by Crippen LogP contribution is -2.50. The summed E-state index contributed by atoms with van der Waals surface area (Å²) in [5.74, 6) is 3.57. The predicted molar refractivity (Wildman–Crippen MR) is 238 cm³/mol. The van der Waals surface area contributed by atoms with Crippen LogP contribution >= 0.6 is 0 Å². The Balaban J connectivity index is -0.0000000217. The molecule has 4 aliphatic carbocycles. The summed E-state index contributed by atoms with van der Waals surface area (Å²) < 4.78 is 0. The van der Waals surface area contributed by atoms with Crippen molar-refractivity contribution in [1.82, 2.24) is 0 Å². The third-order valence-corrected chi connectivity index (χ3v) is 8.95. The molecule has 7 atom stereocenters. The highest BCUT2D eigenvalue weighted by Crippen LogP contribution is 2.66. The van der Waals surface area contributed by atoms with Gasteiger partial charge in [-0.15, -0.1) is 0 Å². The largest absolute Gasteiger partial charge is 0.396 e. The van der Waals surface area contributed by atoms with Crippen molar-refractivity contribution in [2.45, 2.75) is 228 Å². The lowest BCUT2D eigenvalue weighted by Gasteiger charge is -2.58. The number of hydrogen-bond donors (Lipinski definition) is 1. The highest BCUT2D eigenvalue weighted by molar-refractivity contribution is 5.79. The van der Waals surface area contributed by atoms with Crippen molar-refractivity contribution in [1.29, 1.82) is 0 Å². The number of ketones is 1. The van der Waals surface area contributed by atoms with Crippen LogP contribution in [0.1, 0.15) is 228 Å². The molecule has 0 spiro atoms. The third-order valence-electron chi connectivity index (χ3n) is 8.95. The maximum atomic E-state index is 12.2. The molecule has 0 aliphatic heterocycles. The van der Waals surface area contributed by atoms with E-state index in [1.165, 1.54) is 38.5 Å². The van der Waals surface area contributed by atoms with E-state index >= 15 is 0 Å². The molecule has 2 heteroatoms. The molecule has 0 saturated heterocycles. The van der Waals surface area contributed by atoms with Crippen LogP contribution < -0.4 is 0 Å². The van der Waals surface area contributed by atoms with E-state index in [4.69, 9.17) is 0 Å². The number of aliphatic hydroxyl groups is 1. The molecule has 2 nitrogen and oxygen atoms in total. The van der Waals surface area contributed by atoms with Crippen LogP contribution in [0.15, 0.2) is 11.6 Å². The highest BCUT2D eigenvalue weighted by Gasteiger charge is 2.59. The zero-order valence-corrected chi connectivity index (χ0v) is 15.7. The molecule has 302 valence electrons. The number of Topliss-reactive ketones (excluding diaryl/α,β-unsaturated/α-hetero) is 1. The van der Waals surface area contributed by atoms with Crippen molar-refractivity contribution >= 4 is 5.78 Å². The molecule has 1 N–H and O–H groups in total. The van der Waals surface area contributed by atoms with Crippen LogP contribution in [0.25, 0.3) is 0 Å². The van der Waals surface area contributed by atoms with Crippen molar-refractivity contribution < 1.29 is 9.90 Å². The predicted octanol–water partition coefficient (Wildman–Crippen LogP) is 18.1. The lowest BCUT2D eigenvalue weighted by molar-refractivity contribution is -0.127. The average Bonchev–Trinajstić information content (AvgIpc) is 2.91. The van der Waals surface area contributed by atoms with Crippen molar-refractivity contribution in [2.24, 2.45) is 40.4 Å². The Labute approximate surface area is 301 Å². The van der Waals surface area contributed by atoms with Crippen LogP contribution in [-0.2, 0) is 4.79 Å². The van der Waals surface area contributed by atoms with Gasteiger partial charge in [-0.1, -0.05) is 181 Å². The molecule has 4 aliphatic rings. The van der Waals surface area contributed by atoms with Gasteiger partial charge in [0.1, 0.15) is 5.78 Å². The molecule has 0 aromatic rings. The van der Waals surface area contributed by atoms with Gasteiger partial charge in [0.2, 0.25) is 0 Å². The molecule has 3 fully saturated rings. The number of fused-ring (bicyclic) bond motifs is 5. The van der Waals surface area contributed by atoms with E-state index in [-0.39, 0.29) is 161 Å². The Hall–Kier alpha value is -0.630. The van der Waals surface area contributed by atoms with Crippen molar-refractivity contribution in [3.05, 3.63) is 11.6 Å². The van der Waals surface area contributed by atoms with Gasteiger partial charge < -0.3 is 5.11 Å². The van der Waals surface area contributed by atoms with Crippen LogP contribution in [-0.4, -0.2) is 17.5 Å². The van der Waals surface area contributed by atoms with Gasteiger partial charge in [0.05, 0.1) is 0 Å². The summed E-state index contributed by atoms with van der Waals surface area (Å²) >= 11 is 0. The number of allylic oxidation sites excluding steroid dienone is 2. The Morgan fingerprint density at radius 2 is 1.07 bits per heavy atom. The number of carbonyl (C=O) groups is 1. The summed E-state index contributed by atoms with van der Waals surface area (Å²) in [6.07, 6.45) is 12.3. The second-order valence-corrected chi connectivity index (χ2v) is 9.84. The molecular formula is C43H118O2. The van der Waals surface area contributed by atoms with Gasteiger partial charge in [0.25, 0.3) is 0 Å². The summed E-state index contributed by atoms with van der Waals surface area (Å²) in [5.41, 5.74) is 2.28. The highest BCUT2D eigenvalue weighted by atomic mass is 16.3. The Morgan fingerprint density at radius 3 is 1.44 bits per heavy atom. The fraction of sp³-hybridized carbons (Fsp3) is 0.930. The van der Waals surface area contributed by atoms with Crippen LogP contribution in [0.2, 0.25) is 0 Å². The molecule has 3 saturated carbocycles. The maximum absolute atomic E-state index is 12.2. The van der Waals surface area contributed by atoms with E-state index in [0.29, 0.717) is 29.6 Å². The molecule has 0 bridgehead atoms. The summed E-state index contributed by atoms with van der Waals surface area (Å²) in [5, 5.41) is 9.58.